The van der Waals surface area contributed by atoms with Gasteiger partial charge in [-0.1, -0.05) is 6.92 Å². The summed E-state index contributed by atoms with van der Waals surface area (Å²) < 4.78 is 1.61. The number of hydrogen-bond donors (Lipinski definition) is 3. The Kier molecular flexibility index (Phi) is 5.11. The summed E-state index contributed by atoms with van der Waals surface area (Å²) in [6.07, 6.45) is 2.17. The molecule has 0 aliphatic heterocycles. The maximum absolute atomic E-state index is 11.9. The van der Waals surface area contributed by atoms with Crippen molar-refractivity contribution in [3.8, 4) is 6.07 Å². The highest BCUT2D eigenvalue weighted by atomic mass is 16.3. The van der Waals surface area contributed by atoms with E-state index in [1.165, 1.54) is 0 Å². The van der Waals surface area contributed by atoms with Crippen LogP contribution < -0.4 is 10.6 Å². The van der Waals surface area contributed by atoms with Crippen molar-refractivity contribution in [1.82, 2.24) is 15.1 Å². The van der Waals surface area contributed by atoms with Crippen LogP contribution in [-0.4, -0.2) is 33.1 Å². The number of anilines is 1. The second kappa shape index (κ2) is 6.39. The molecule has 1 aromatic rings. The van der Waals surface area contributed by atoms with Gasteiger partial charge in [-0.2, -0.15) is 10.4 Å². The minimum absolute atomic E-state index is 0.0964. The van der Waals surface area contributed by atoms with Crippen LogP contribution in [0.15, 0.2) is 6.20 Å². The fourth-order valence-electron chi connectivity index (χ4n) is 1.48. The topological polar surface area (TPSA) is 103 Å². The molecule has 20 heavy (non-hydrogen) atoms. The number of nitrogens with one attached hydrogen (secondary N) is 2. The summed E-state index contributed by atoms with van der Waals surface area (Å²) in [4.78, 5) is 11.9. The van der Waals surface area contributed by atoms with Gasteiger partial charge in [0.25, 0.3) is 0 Å². The van der Waals surface area contributed by atoms with E-state index in [4.69, 9.17) is 5.26 Å². The number of nitriles is 1. The monoisotopic (exact) mass is 279 g/mol. The highest BCUT2D eigenvalue weighted by molar-refractivity contribution is 5.90. The highest BCUT2D eigenvalue weighted by Gasteiger charge is 2.24. The van der Waals surface area contributed by atoms with E-state index in [0.29, 0.717) is 12.0 Å². The Balaban J connectivity index is 2.83. The maximum atomic E-state index is 11.9. The quantitative estimate of drug-likeness (QED) is 0.762. The number of urea groups is 1. The Labute approximate surface area is 118 Å². The lowest BCUT2D eigenvalue weighted by Crippen LogP contribution is -2.50. The first-order valence-electron chi connectivity index (χ1n) is 6.54. The van der Waals surface area contributed by atoms with Crippen molar-refractivity contribution in [2.45, 2.75) is 45.7 Å². The smallest absolute Gasteiger partial charge is 0.320 e. The Bertz CT molecular complexity index is 511. The second-order valence-corrected chi connectivity index (χ2v) is 5.23. The molecule has 0 spiro atoms. The third-order valence-electron chi connectivity index (χ3n) is 3.16. The lowest BCUT2D eigenvalue weighted by molar-refractivity contribution is 0.172. The van der Waals surface area contributed by atoms with Crippen LogP contribution in [0.5, 0.6) is 0 Å². The van der Waals surface area contributed by atoms with Gasteiger partial charge >= 0.3 is 6.03 Å². The van der Waals surface area contributed by atoms with Crippen LogP contribution in [0.1, 0.15) is 45.7 Å². The lowest BCUT2D eigenvalue weighted by atomic mass is 10.0. The molecule has 1 rings (SSSR count). The van der Waals surface area contributed by atoms with Crippen molar-refractivity contribution in [1.29, 1.82) is 5.26 Å². The molecular formula is C13H21N5O2. The van der Waals surface area contributed by atoms with Gasteiger partial charge in [-0.25, -0.2) is 4.79 Å². The molecule has 3 N–H and O–H groups in total. The van der Waals surface area contributed by atoms with Crippen LogP contribution in [0.2, 0.25) is 0 Å². The minimum atomic E-state index is -0.697. The van der Waals surface area contributed by atoms with Gasteiger partial charge in [0.2, 0.25) is 0 Å². The normalized spacial score (nSPS) is 13.7. The fourth-order valence-corrected chi connectivity index (χ4v) is 1.48. The molecule has 0 aromatic carbocycles. The van der Waals surface area contributed by atoms with Gasteiger partial charge in [0.1, 0.15) is 11.6 Å². The number of amides is 2. The molecule has 0 bridgehead atoms. The third-order valence-corrected chi connectivity index (χ3v) is 3.16. The van der Waals surface area contributed by atoms with Gasteiger partial charge in [0, 0.05) is 12.2 Å². The van der Waals surface area contributed by atoms with Crippen LogP contribution in [0, 0.1) is 11.3 Å². The molecular weight excluding hydrogens is 258 g/mol. The molecule has 7 nitrogen and oxygen atoms in total. The highest BCUT2D eigenvalue weighted by Crippen LogP contribution is 2.15. The predicted octanol–water partition coefficient (Wildman–Crippen LogP) is 1.62. The van der Waals surface area contributed by atoms with Crippen molar-refractivity contribution >= 4 is 11.8 Å². The summed E-state index contributed by atoms with van der Waals surface area (Å²) in [7, 11) is 0. The Morgan fingerprint density at radius 3 is 2.75 bits per heavy atom. The Morgan fingerprint density at radius 1 is 1.65 bits per heavy atom. The van der Waals surface area contributed by atoms with Crippen molar-refractivity contribution in [2.24, 2.45) is 0 Å². The standard InChI is InChI=1S/C13H21N5O2/c1-5-13(4,8-19)16-12(20)15-11-10(6-14)7-18(17-11)9(2)3/h7,9,19H,5,8H2,1-4H3,(H2,15,16,17,20). The lowest BCUT2D eigenvalue weighted by Gasteiger charge is -2.26. The number of rotatable bonds is 5. The number of carbonyl (C=O) groups excluding carboxylic acids is 1. The van der Waals surface area contributed by atoms with E-state index in [0.717, 1.165) is 0 Å². The van der Waals surface area contributed by atoms with Crippen molar-refractivity contribution in [3.05, 3.63) is 11.8 Å². The zero-order chi connectivity index (χ0) is 15.3. The van der Waals surface area contributed by atoms with Crippen LogP contribution in [0.25, 0.3) is 0 Å². The number of hydrogen-bond acceptors (Lipinski definition) is 4. The molecule has 0 saturated carbocycles. The van der Waals surface area contributed by atoms with Crippen LogP contribution in [0.4, 0.5) is 10.6 Å². The number of carbonyl (C=O) groups is 1. The van der Waals surface area contributed by atoms with E-state index in [-0.39, 0.29) is 18.5 Å². The van der Waals surface area contributed by atoms with Gasteiger partial charge in [-0.05, 0) is 27.2 Å². The summed E-state index contributed by atoms with van der Waals surface area (Å²) in [5, 5.41) is 27.7. The van der Waals surface area contributed by atoms with E-state index >= 15 is 0 Å². The van der Waals surface area contributed by atoms with E-state index in [2.05, 4.69) is 15.7 Å². The van der Waals surface area contributed by atoms with E-state index in [1.54, 1.807) is 17.8 Å². The zero-order valence-electron chi connectivity index (χ0n) is 12.3. The van der Waals surface area contributed by atoms with Crippen LogP contribution >= 0.6 is 0 Å². The summed E-state index contributed by atoms with van der Waals surface area (Å²) in [5.74, 6) is 0.218. The molecule has 0 aliphatic rings. The SMILES string of the molecule is CCC(C)(CO)NC(=O)Nc1nn(C(C)C)cc1C#N. The number of aliphatic hydroxyl groups excluding tert-OH is 1. The van der Waals surface area contributed by atoms with Crippen LogP contribution in [0.3, 0.4) is 0 Å². The molecule has 1 aromatic heterocycles. The molecule has 0 radical (unpaired) electrons. The first-order valence-corrected chi connectivity index (χ1v) is 6.54. The van der Waals surface area contributed by atoms with E-state index in [9.17, 15) is 9.90 Å². The fraction of sp³-hybridized carbons (Fsp3) is 0.615. The van der Waals surface area contributed by atoms with Gasteiger partial charge in [0.15, 0.2) is 5.82 Å². The van der Waals surface area contributed by atoms with Crippen molar-refractivity contribution in [2.75, 3.05) is 11.9 Å². The van der Waals surface area contributed by atoms with Gasteiger partial charge in [-0.15, -0.1) is 0 Å². The van der Waals surface area contributed by atoms with Crippen molar-refractivity contribution < 1.29 is 9.90 Å². The predicted molar refractivity (Wildman–Crippen MR) is 75.3 cm³/mol. The molecule has 1 unspecified atom stereocenters. The van der Waals surface area contributed by atoms with Crippen molar-refractivity contribution in [3.63, 3.8) is 0 Å². The molecule has 110 valence electrons. The molecule has 0 aliphatic carbocycles. The van der Waals surface area contributed by atoms with E-state index in [1.807, 2.05) is 26.8 Å². The average Bonchev–Trinajstić information content (AvgIpc) is 2.81. The average molecular weight is 279 g/mol. The molecule has 1 atom stereocenters. The largest absolute Gasteiger partial charge is 0.394 e. The summed E-state index contributed by atoms with van der Waals surface area (Å²) >= 11 is 0. The zero-order valence-corrected chi connectivity index (χ0v) is 12.3. The van der Waals surface area contributed by atoms with E-state index < -0.39 is 11.6 Å². The van der Waals surface area contributed by atoms with Gasteiger partial charge in [0.05, 0.1) is 12.1 Å². The Morgan fingerprint density at radius 2 is 2.30 bits per heavy atom. The van der Waals surface area contributed by atoms with Crippen LogP contribution in [-0.2, 0) is 0 Å². The summed E-state index contributed by atoms with van der Waals surface area (Å²) in [6.45, 7) is 7.30. The van der Waals surface area contributed by atoms with Gasteiger partial charge in [-0.3, -0.25) is 10.00 Å². The summed E-state index contributed by atoms with van der Waals surface area (Å²) in [5.41, 5.74) is -0.395. The third kappa shape index (κ3) is 3.71. The molecule has 0 fully saturated rings. The number of aromatic nitrogens is 2. The second-order valence-electron chi connectivity index (χ2n) is 5.23. The molecule has 7 heteroatoms. The summed E-state index contributed by atoms with van der Waals surface area (Å²) in [6, 6.07) is 1.60. The maximum Gasteiger partial charge on any atom is 0.320 e. The first kappa shape index (κ1) is 16.0. The number of nitrogens with zero attached hydrogens (tertiary/aromatic N) is 3. The molecule has 0 saturated heterocycles. The number of aliphatic hydroxyl groups is 1. The minimum Gasteiger partial charge on any atom is -0.394 e. The molecule has 1 heterocycles. The Hall–Kier alpha value is -2.07. The first-order chi connectivity index (χ1) is 9.35. The molecule has 2 amide bonds. The van der Waals surface area contributed by atoms with Gasteiger partial charge < -0.3 is 10.4 Å².